The normalized spacial score (nSPS) is 23.0. The van der Waals surface area contributed by atoms with Gasteiger partial charge in [-0.15, -0.1) is 0 Å². The summed E-state index contributed by atoms with van der Waals surface area (Å²) in [7, 11) is 0. The first-order chi connectivity index (χ1) is 5.79. The first-order valence-corrected chi connectivity index (χ1v) is 4.20. The van der Waals surface area contributed by atoms with Crippen molar-refractivity contribution in [3.05, 3.63) is 12.2 Å². The lowest BCUT2D eigenvalue weighted by molar-refractivity contribution is -0.156. The minimum atomic E-state index is -0.540. The van der Waals surface area contributed by atoms with Crippen LogP contribution in [-0.2, 0) is 14.3 Å². The number of ether oxygens (including phenoxy) is 1. The molecular weight excluding hydrogens is 156 g/mol. The van der Waals surface area contributed by atoms with E-state index >= 15 is 0 Å². The van der Waals surface area contributed by atoms with E-state index in [9.17, 15) is 9.59 Å². The second-order valence-corrected chi connectivity index (χ2v) is 2.79. The summed E-state index contributed by atoms with van der Waals surface area (Å²) in [5.41, 5.74) is 0. The smallest absolute Gasteiger partial charge is 0.338 e. The third-order valence-corrected chi connectivity index (χ3v) is 1.72. The molecule has 66 valence electrons. The Kier molecular flexibility index (Phi) is 3.51. The van der Waals surface area contributed by atoms with Gasteiger partial charge in [-0.2, -0.15) is 0 Å². The van der Waals surface area contributed by atoms with Crippen molar-refractivity contribution in [2.24, 2.45) is 0 Å². The van der Waals surface area contributed by atoms with E-state index in [4.69, 9.17) is 0 Å². The average Bonchev–Trinajstić information content (AvgIpc) is 2.02. The second kappa shape index (κ2) is 4.70. The Bertz CT molecular complexity index is 206. The Balaban J connectivity index is 2.48. The van der Waals surface area contributed by atoms with E-state index in [1.54, 1.807) is 6.08 Å². The van der Waals surface area contributed by atoms with E-state index in [1.807, 2.05) is 0 Å². The number of allylic oxidation sites excluding steroid dienone is 1. The molecule has 0 aromatic rings. The van der Waals surface area contributed by atoms with Gasteiger partial charge in [-0.1, -0.05) is 12.5 Å². The van der Waals surface area contributed by atoms with Crippen LogP contribution in [0.15, 0.2) is 12.2 Å². The SMILES string of the molecule is O=C1/C=C\CCCCCC(=O)O1. The van der Waals surface area contributed by atoms with Gasteiger partial charge in [-0.3, -0.25) is 4.79 Å². The van der Waals surface area contributed by atoms with Crippen molar-refractivity contribution in [2.45, 2.75) is 32.1 Å². The highest BCUT2D eigenvalue weighted by atomic mass is 16.6. The van der Waals surface area contributed by atoms with Crippen molar-refractivity contribution < 1.29 is 14.3 Å². The molecule has 0 aromatic carbocycles. The molecule has 3 nitrogen and oxygen atoms in total. The summed E-state index contributed by atoms with van der Waals surface area (Å²) < 4.78 is 4.46. The number of hydrogen-bond donors (Lipinski definition) is 0. The molecule has 0 saturated carbocycles. The van der Waals surface area contributed by atoms with E-state index in [0.29, 0.717) is 6.42 Å². The molecule has 0 atom stereocenters. The summed E-state index contributed by atoms with van der Waals surface area (Å²) >= 11 is 0. The third-order valence-electron chi connectivity index (χ3n) is 1.72. The zero-order valence-electron chi connectivity index (χ0n) is 6.91. The molecule has 0 aromatic heterocycles. The molecule has 12 heavy (non-hydrogen) atoms. The van der Waals surface area contributed by atoms with Gasteiger partial charge in [0.15, 0.2) is 0 Å². The Morgan fingerprint density at radius 2 is 2.00 bits per heavy atom. The van der Waals surface area contributed by atoms with E-state index in [2.05, 4.69) is 4.74 Å². The second-order valence-electron chi connectivity index (χ2n) is 2.79. The maximum Gasteiger partial charge on any atom is 0.338 e. The van der Waals surface area contributed by atoms with Crippen molar-refractivity contribution >= 4 is 11.9 Å². The van der Waals surface area contributed by atoms with Crippen LogP contribution in [0.4, 0.5) is 0 Å². The van der Waals surface area contributed by atoms with Gasteiger partial charge in [0.25, 0.3) is 0 Å². The first kappa shape index (κ1) is 8.97. The van der Waals surface area contributed by atoms with Crippen molar-refractivity contribution in [3.8, 4) is 0 Å². The fraction of sp³-hybridized carbons (Fsp3) is 0.556. The number of carbonyl (C=O) groups is 2. The summed E-state index contributed by atoms with van der Waals surface area (Å²) in [5, 5.41) is 0. The highest BCUT2D eigenvalue weighted by Crippen LogP contribution is 2.06. The number of hydrogen-bond acceptors (Lipinski definition) is 3. The summed E-state index contributed by atoms with van der Waals surface area (Å²) in [6.07, 6.45) is 7.21. The molecule has 0 aliphatic carbocycles. The van der Waals surface area contributed by atoms with Crippen molar-refractivity contribution in [3.63, 3.8) is 0 Å². The average molecular weight is 168 g/mol. The quantitative estimate of drug-likeness (QED) is 0.407. The maximum absolute atomic E-state index is 10.8. The van der Waals surface area contributed by atoms with Gasteiger partial charge in [-0.05, 0) is 19.3 Å². The predicted molar refractivity (Wildman–Crippen MR) is 43.3 cm³/mol. The predicted octanol–water partition coefficient (Wildman–Crippen LogP) is 1.58. The molecule has 0 amide bonds. The van der Waals surface area contributed by atoms with Gasteiger partial charge in [0, 0.05) is 12.5 Å². The van der Waals surface area contributed by atoms with Crippen LogP contribution in [0.5, 0.6) is 0 Å². The van der Waals surface area contributed by atoms with Crippen LogP contribution in [-0.4, -0.2) is 11.9 Å². The molecule has 0 saturated heterocycles. The number of carbonyl (C=O) groups excluding carboxylic acids is 2. The fourth-order valence-electron chi connectivity index (χ4n) is 1.09. The number of cyclic esters (lactones) is 2. The van der Waals surface area contributed by atoms with Crippen LogP contribution < -0.4 is 0 Å². The van der Waals surface area contributed by atoms with Gasteiger partial charge < -0.3 is 4.74 Å². The van der Waals surface area contributed by atoms with Crippen LogP contribution in [0.3, 0.4) is 0 Å². The summed E-state index contributed by atoms with van der Waals surface area (Å²) in [5.74, 6) is -0.951. The molecule has 1 rings (SSSR count). The largest absolute Gasteiger partial charge is 0.390 e. The van der Waals surface area contributed by atoms with Gasteiger partial charge >= 0.3 is 11.9 Å². The Morgan fingerprint density at radius 3 is 2.83 bits per heavy atom. The maximum atomic E-state index is 10.8. The van der Waals surface area contributed by atoms with E-state index < -0.39 is 11.9 Å². The molecule has 3 heteroatoms. The highest BCUT2D eigenvalue weighted by Gasteiger charge is 2.07. The van der Waals surface area contributed by atoms with Crippen LogP contribution in [0.25, 0.3) is 0 Å². The van der Waals surface area contributed by atoms with Gasteiger partial charge in [0.05, 0.1) is 0 Å². The minimum absolute atomic E-state index is 0.361. The zero-order valence-corrected chi connectivity index (χ0v) is 6.91. The molecule has 1 heterocycles. The van der Waals surface area contributed by atoms with E-state index in [-0.39, 0.29) is 0 Å². The summed E-state index contributed by atoms with van der Waals surface area (Å²) in [4.78, 5) is 21.6. The van der Waals surface area contributed by atoms with Crippen molar-refractivity contribution in [1.29, 1.82) is 0 Å². The van der Waals surface area contributed by atoms with Crippen LogP contribution in [0.1, 0.15) is 32.1 Å². The first-order valence-electron chi connectivity index (χ1n) is 4.20. The Labute approximate surface area is 71.4 Å². The molecule has 1 aliphatic heterocycles. The van der Waals surface area contributed by atoms with Crippen LogP contribution in [0, 0.1) is 0 Å². The van der Waals surface area contributed by atoms with Crippen molar-refractivity contribution in [1.82, 2.24) is 0 Å². The highest BCUT2D eigenvalue weighted by molar-refractivity contribution is 5.91. The molecule has 0 spiro atoms. The van der Waals surface area contributed by atoms with Gasteiger partial charge in [0.1, 0.15) is 0 Å². The summed E-state index contributed by atoms with van der Waals surface area (Å²) in [6, 6.07) is 0. The van der Waals surface area contributed by atoms with Crippen LogP contribution in [0.2, 0.25) is 0 Å². The lowest BCUT2D eigenvalue weighted by Crippen LogP contribution is -2.10. The molecule has 0 fully saturated rings. The number of esters is 2. The Morgan fingerprint density at radius 1 is 1.17 bits per heavy atom. The molecule has 0 unspecified atom stereocenters. The lowest BCUT2D eigenvalue weighted by atomic mass is 10.1. The van der Waals surface area contributed by atoms with Crippen LogP contribution >= 0.6 is 0 Å². The fourth-order valence-corrected chi connectivity index (χ4v) is 1.09. The minimum Gasteiger partial charge on any atom is -0.390 e. The zero-order chi connectivity index (χ0) is 8.81. The lowest BCUT2D eigenvalue weighted by Gasteiger charge is -2.02. The molecule has 0 radical (unpaired) electrons. The van der Waals surface area contributed by atoms with Gasteiger partial charge in [-0.25, -0.2) is 4.79 Å². The molecule has 1 aliphatic rings. The third kappa shape index (κ3) is 3.32. The molecule has 0 bridgehead atoms. The molecular formula is C9H12O3. The molecule has 0 N–H and O–H groups in total. The summed E-state index contributed by atoms with van der Waals surface area (Å²) in [6.45, 7) is 0. The van der Waals surface area contributed by atoms with Gasteiger partial charge in [0.2, 0.25) is 0 Å². The monoisotopic (exact) mass is 168 g/mol. The standard InChI is InChI=1S/C9H12O3/c10-8-6-4-2-1-3-5-7-9(11)12-8/h4,6H,1-3,5,7H2/b6-4-. The topological polar surface area (TPSA) is 43.4 Å². The Hall–Kier alpha value is -1.12. The van der Waals surface area contributed by atoms with E-state index in [0.717, 1.165) is 25.7 Å². The van der Waals surface area contributed by atoms with Crippen molar-refractivity contribution in [2.75, 3.05) is 0 Å². The van der Waals surface area contributed by atoms with E-state index in [1.165, 1.54) is 6.08 Å². The number of rotatable bonds is 0.